The normalized spacial score (nSPS) is 10.5. The fraction of sp³-hybridized carbons (Fsp3) is 0.182. The first kappa shape index (κ1) is 10.1. The summed E-state index contributed by atoms with van der Waals surface area (Å²) in [5.41, 5.74) is 8.59. The van der Waals surface area contributed by atoms with Crippen molar-refractivity contribution in [1.82, 2.24) is 9.78 Å². The average Bonchev–Trinajstić information content (AvgIpc) is 2.56. The molecule has 0 aliphatic carbocycles. The molecule has 0 radical (unpaired) electrons. The van der Waals surface area contributed by atoms with E-state index < -0.39 is 0 Å². The van der Waals surface area contributed by atoms with Crippen LogP contribution in [0.1, 0.15) is 11.3 Å². The molecule has 15 heavy (non-hydrogen) atoms. The first-order valence-corrected chi connectivity index (χ1v) is 5.07. The van der Waals surface area contributed by atoms with Crippen LogP contribution >= 0.6 is 11.6 Å². The van der Waals surface area contributed by atoms with E-state index in [1.807, 2.05) is 36.0 Å². The van der Waals surface area contributed by atoms with Gasteiger partial charge in [-0.25, -0.2) is 0 Å². The summed E-state index contributed by atoms with van der Waals surface area (Å²) in [5, 5.41) is 4.96. The molecule has 4 heteroatoms. The van der Waals surface area contributed by atoms with Crippen LogP contribution in [0.5, 0.6) is 0 Å². The Hall–Kier alpha value is -1.48. The Balaban J connectivity index is 2.24. The van der Waals surface area contributed by atoms with Crippen LogP contribution in [0, 0.1) is 6.92 Å². The zero-order valence-corrected chi connectivity index (χ0v) is 9.20. The van der Waals surface area contributed by atoms with E-state index in [0.29, 0.717) is 17.3 Å². The second-order valence-corrected chi connectivity index (χ2v) is 3.93. The van der Waals surface area contributed by atoms with Crippen LogP contribution in [-0.4, -0.2) is 9.78 Å². The monoisotopic (exact) mass is 221 g/mol. The zero-order valence-electron chi connectivity index (χ0n) is 8.44. The quantitative estimate of drug-likeness (QED) is 0.792. The van der Waals surface area contributed by atoms with Crippen molar-refractivity contribution in [2.24, 2.45) is 0 Å². The van der Waals surface area contributed by atoms with Crippen molar-refractivity contribution in [2.45, 2.75) is 13.5 Å². The van der Waals surface area contributed by atoms with E-state index in [1.165, 1.54) is 0 Å². The summed E-state index contributed by atoms with van der Waals surface area (Å²) in [5.74, 6) is 0. The number of nitrogen functional groups attached to an aromatic ring is 1. The van der Waals surface area contributed by atoms with Crippen molar-refractivity contribution in [1.29, 1.82) is 0 Å². The van der Waals surface area contributed by atoms with E-state index in [9.17, 15) is 0 Å². The molecule has 0 unspecified atom stereocenters. The van der Waals surface area contributed by atoms with E-state index in [4.69, 9.17) is 17.3 Å². The predicted molar refractivity (Wildman–Crippen MR) is 61.9 cm³/mol. The fourth-order valence-corrected chi connectivity index (χ4v) is 1.62. The Labute approximate surface area is 93.5 Å². The van der Waals surface area contributed by atoms with E-state index in [-0.39, 0.29) is 0 Å². The third-order valence-electron chi connectivity index (χ3n) is 2.21. The molecule has 1 heterocycles. The zero-order chi connectivity index (χ0) is 10.8. The molecule has 3 nitrogen and oxygen atoms in total. The van der Waals surface area contributed by atoms with Gasteiger partial charge in [0.1, 0.15) is 0 Å². The molecule has 1 aromatic carbocycles. The number of nitrogens with zero attached hydrogens (tertiary/aromatic N) is 2. The van der Waals surface area contributed by atoms with Gasteiger partial charge in [-0.2, -0.15) is 5.10 Å². The number of nitrogens with two attached hydrogens (primary N) is 1. The van der Waals surface area contributed by atoms with Crippen molar-refractivity contribution in [2.75, 3.05) is 5.73 Å². The summed E-state index contributed by atoms with van der Waals surface area (Å²) in [7, 11) is 0. The van der Waals surface area contributed by atoms with Gasteiger partial charge in [0.2, 0.25) is 0 Å². The molecule has 0 aliphatic rings. The lowest BCUT2D eigenvalue weighted by molar-refractivity contribution is 0.681. The number of halogens is 1. The molecule has 1 aromatic heterocycles. The summed E-state index contributed by atoms with van der Waals surface area (Å²) in [6, 6.07) is 7.48. The van der Waals surface area contributed by atoms with Crippen molar-refractivity contribution in [3.05, 3.63) is 46.7 Å². The summed E-state index contributed by atoms with van der Waals surface area (Å²) in [6.07, 6.45) is 1.93. The number of hydrogen-bond donors (Lipinski definition) is 1. The smallest absolute Gasteiger partial charge is 0.0679 e. The van der Waals surface area contributed by atoms with Crippen molar-refractivity contribution in [3.63, 3.8) is 0 Å². The minimum atomic E-state index is 0.660. The molecule has 0 saturated heterocycles. The van der Waals surface area contributed by atoms with Crippen LogP contribution in [-0.2, 0) is 6.54 Å². The Kier molecular flexibility index (Phi) is 2.64. The Morgan fingerprint density at radius 1 is 1.40 bits per heavy atom. The van der Waals surface area contributed by atoms with Crippen molar-refractivity contribution < 1.29 is 0 Å². The van der Waals surface area contributed by atoms with E-state index in [0.717, 1.165) is 11.3 Å². The molecule has 2 N–H and O–H groups in total. The molecule has 0 spiro atoms. The molecular weight excluding hydrogens is 210 g/mol. The Bertz CT molecular complexity index is 476. The number of aromatic nitrogens is 2. The molecule has 78 valence electrons. The van der Waals surface area contributed by atoms with Gasteiger partial charge in [-0.05, 0) is 30.7 Å². The highest BCUT2D eigenvalue weighted by Crippen LogP contribution is 2.18. The van der Waals surface area contributed by atoms with Gasteiger partial charge in [-0.3, -0.25) is 4.68 Å². The van der Waals surface area contributed by atoms with E-state index in [1.54, 1.807) is 6.07 Å². The van der Waals surface area contributed by atoms with Gasteiger partial charge in [0, 0.05) is 16.9 Å². The predicted octanol–water partition coefficient (Wildman–Crippen LogP) is 2.48. The number of benzene rings is 1. The van der Waals surface area contributed by atoms with Gasteiger partial charge in [0.15, 0.2) is 0 Å². The van der Waals surface area contributed by atoms with Gasteiger partial charge in [0.25, 0.3) is 0 Å². The van der Waals surface area contributed by atoms with Gasteiger partial charge >= 0.3 is 0 Å². The highest BCUT2D eigenvalue weighted by Gasteiger charge is 2.01. The number of anilines is 1. The van der Waals surface area contributed by atoms with Crippen molar-refractivity contribution in [3.8, 4) is 0 Å². The molecule has 0 bridgehead atoms. The topological polar surface area (TPSA) is 43.8 Å². The van der Waals surface area contributed by atoms with Gasteiger partial charge < -0.3 is 5.73 Å². The van der Waals surface area contributed by atoms with Crippen LogP contribution < -0.4 is 5.73 Å². The second-order valence-electron chi connectivity index (χ2n) is 3.50. The maximum absolute atomic E-state index is 5.85. The van der Waals surface area contributed by atoms with Crippen LogP contribution in [0.25, 0.3) is 0 Å². The van der Waals surface area contributed by atoms with E-state index >= 15 is 0 Å². The first-order valence-electron chi connectivity index (χ1n) is 4.69. The molecule has 0 amide bonds. The summed E-state index contributed by atoms with van der Waals surface area (Å²) in [4.78, 5) is 0. The second kappa shape index (κ2) is 3.95. The third-order valence-corrected chi connectivity index (χ3v) is 2.45. The van der Waals surface area contributed by atoms with Gasteiger partial charge in [0.05, 0.1) is 12.2 Å². The van der Waals surface area contributed by atoms with Crippen LogP contribution in [0.15, 0.2) is 30.5 Å². The maximum Gasteiger partial charge on any atom is 0.0679 e. The number of aryl methyl sites for hydroxylation is 1. The molecule has 2 aromatic rings. The minimum absolute atomic E-state index is 0.660. The van der Waals surface area contributed by atoms with Gasteiger partial charge in [-0.1, -0.05) is 17.7 Å². The summed E-state index contributed by atoms with van der Waals surface area (Å²) >= 11 is 5.82. The van der Waals surface area contributed by atoms with Crippen LogP contribution in [0.2, 0.25) is 5.02 Å². The standard InChI is InChI=1S/C11H12ClN3/c1-8-4-5-15(14-8)7-9-2-3-10(12)6-11(9)13/h2-6H,7,13H2,1H3. The minimum Gasteiger partial charge on any atom is -0.398 e. The fourth-order valence-electron chi connectivity index (χ4n) is 1.44. The molecule has 2 rings (SSSR count). The summed E-state index contributed by atoms with van der Waals surface area (Å²) < 4.78 is 1.86. The molecule has 0 saturated carbocycles. The van der Waals surface area contributed by atoms with Crippen LogP contribution in [0.3, 0.4) is 0 Å². The lowest BCUT2D eigenvalue weighted by Gasteiger charge is -2.06. The molecule has 0 aliphatic heterocycles. The average molecular weight is 222 g/mol. The maximum atomic E-state index is 5.85. The SMILES string of the molecule is Cc1ccn(Cc2ccc(Cl)cc2N)n1. The summed E-state index contributed by atoms with van der Waals surface area (Å²) in [6.45, 7) is 2.64. The Morgan fingerprint density at radius 2 is 2.20 bits per heavy atom. The van der Waals surface area contributed by atoms with Gasteiger partial charge in [-0.15, -0.1) is 0 Å². The molecular formula is C11H12ClN3. The lowest BCUT2D eigenvalue weighted by atomic mass is 10.2. The number of rotatable bonds is 2. The highest BCUT2D eigenvalue weighted by molar-refractivity contribution is 6.30. The number of hydrogen-bond acceptors (Lipinski definition) is 2. The first-order chi connectivity index (χ1) is 7.15. The third kappa shape index (κ3) is 2.30. The molecule has 0 fully saturated rings. The molecule has 0 atom stereocenters. The highest BCUT2D eigenvalue weighted by atomic mass is 35.5. The largest absolute Gasteiger partial charge is 0.398 e. The van der Waals surface area contributed by atoms with E-state index in [2.05, 4.69) is 5.10 Å². The lowest BCUT2D eigenvalue weighted by Crippen LogP contribution is -2.03. The van der Waals surface area contributed by atoms with Crippen molar-refractivity contribution >= 4 is 17.3 Å². The Morgan fingerprint density at radius 3 is 2.80 bits per heavy atom. The van der Waals surface area contributed by atoms with Crippen LogP contribution in [0.4, 0.5) is 5.69 Å².